The van der Waals surface area contributed by atoms with Gasteiger partial charge in [-0.1, -0.05) is 0 Å². The van der Waals surface area contributed by atoms with Crippen molar-refractivity contribution in [3.05, 3.63) is 36.5 Å². The van der Waals surface area contributed by atoms with Crippen molar-refractivity contribution in [2.24, 2.45) is 0 Å². The second-order valence-electron chi connectivity index (χ2n) is 4.89. The average molecular weight is 258 g/mol. The largest absolute Gasteiger partial charge is 0.381 e. The van der Waals surface area contributed by atoms with Gasteiger partial charge in [-0.3, -0.25) is 4.57 Å². The highest BCUT2D eigenvalue weighted by molar-refractivity contribution is 5.57. The molecule has 2 aromatic heterocycles. The van der Waals surface area contributed by atoms with Crippen LogP contribution in [0.5, 0.6) is 0 Å². The lowest BCUT2D eigenvalue weighted by molar-refractivity contribution is 0.0328. The van der Waals surface area contributed by atoms with Crippen LogP contribution in [0.2, 0.25) is 0 Å². The van der Waals surface area contributed by atoms with Gasteiger partial charge >= 0.3 is 0 Å². The Kier molecular flexibility index (Phi) is 3.21. The topological polar surface area (TPSA) is 52.0 Å². The molecule has 100 valence electrons. The van der Waals surface area contributed by atoms with Crippen LogP contribution in [0.15, 0.2) is 30.7 Å². The lowest BCUT2D eigenvalue weighted by Crippen LogP contribution is -2.40. The molecule has 2 heterocycles. The summed E-state index contributed by atoms with van der Waals surface area (Å²) >= 11 is 0. The van der Waals surface area contributed by atoms with Crippen molar-refractivity contribution in [2.45, 2.75) is 31.9 Å². The number of aryl methyl sites for hydroxylation is 1. The fourth-order valence-electron chi connectivity index (χ4n) is 2.40. The first-order valence-corrected chi connectivity index (χ1v) is 6.52. The molecule has 2 aromatic rings. The Morgan fingerprint density at radius 2 is 2.16 bits per heavy atom. The molecule has 0 aliphatic heterocycles. The molecule has 0 saturated heterocycles. The number of aromatic nitrogens is 3. The van der Waals surface area contributed by atoms with E-state index in [1.165, 1.54) is 0 Å². The van der Waals surface area contributed by atoms with Crippen molar-refractivity contribution in [2.75, 3.05) is 12.4 Å². The third kappa shape index (κ3) is 2.33. The zero-order valence-corrected chi connectivity index (χ0v) is 11.2. The first kappa shape index (κ1) is 12.2. The predicted octanol–water partition coefficient (Wildman–Crippen LogP) is 2.17. The number of imidazole rings is 1. The molecule has 0 atom stereocenters. The maximum atomic E-state index is 5.30. The number of pyridine rings is 1. The van der Waals surface area contributed by atoms with Gasteiger partial charge < -0.3 is 10.1 Å². The minimum atomic E-state index is 0.396. The van der Waals surface area contributed by atoms with E-state index in [2.05, 4.69) is 21.4 Å². The summed E-state index contributed by atoms with van der Waals surface area (Å²) in [5.74, 6) is 1.84. The van der Waals surface area contributed by atoms with Gasteiger partial charge in [0.05, 0.1) is 11.8 Å². The molecule has 1 aliphatic carbocycles. The first-order chi connectivity index (χ1) is 9.28. The van der Waals surface area contributed by atoms with Gasteiger partial charge in [-0.05, 0) is 31.9 Å². The lowest BCUT2D eigenvalue weighted by atomic mass is 9.89. The van der Waals surface area contributed by atoms with Crippen LogP contribution in [0.4, 0.5) is 5.69 Å². The molecule has 1 saturated carbocycles. The second kappa shape index (κ2) is 5.01. The van der Waals surface area contributed by atoms with Crippen LogP contribution in [0, 0.1) is 6.92 Å². The minimum Gasteiger partial charge on any atom is -0.381 e. The molecule has 0 radical (unpaired) electrons. The Labute approximate surface area is 112 Å². The summed E-state index contributed by atoms with van der Waals surface area (Å²) in [5, 5.41) is 3.54. The van der Waals surface area contributed by atoms with Crippen LogP contribution >= 0.6 is 0 Å². The van der Waals surface area contributed by atoms with Crippen LogP contribution in [0.25, 0.3) is 5.82 Å². The minimum absolute atomic E-state index is 0.396. The highest BCUT2D eigenvalue weighted by Gasteiger charge is 2.29. The van der Waals surface area contributed by atoms with Crippen molar-refractivity contribution >= 4 is 5.69 Å². The van der Waals surface area contributed by atoms with Crippen LogP contribution < -0.4 is 5.32 Å². The number of methoxy groups -OCH3 is 1. The van der Waals surface area contributed by atoms with Crippen LogP contribution in [-0.2, 0) is 4.74 Å². The Balaban J connectivity index is 1.81. The molecule has 3 rings (SSSR count). The number of nitrogens with one attached hydrogen (secondary N) is 1. The number of rotatable bonds is 4. The van der Waals surface area contributed by atoms with Gasteiger partial charge in [0.2, 0.25) is 0 Å². The Hall–Kier alpha value is -1.88. The number of hydrogen-bond acceptors (Lipinski definition) is 4. The van der Waals surface area contributed by atoms with E-state index < -0.39 is 0 Å². The zero-order chi connectivity index (χ0) is 13.2. The number of anilines is 1. The zero-order valence-electron chi connectivity index (χ0n) is 11.2. The first-order valence-electron chi connectivity index (χ1n) is 6.52. The summed E-state index contributed by atoms with van der Waals surface area (Å²) in [6.07, 6.45) is 8.02. The van der Waals surface area contributed by atoms with E-state index in [0.717, 1.165) is 30.2 Å². The van der Waals surface area contributed by atoms with E-state index in [4.69, 9.17) is 4.74 Å². The fourth-order valence-corrected chi connectivity index (χ4v) is 2.40. The number of hydrogen-bond donors (Lipinski definition) is 1. The van der Waals surface area contributed by atoms with Gasteiger partial charge in [0.1, 0.15) is 5.82 Å². The summed E-state index contributed by atoms with van der Waals surface area (Å²) in [6.45, 7) is 1.97. The standard InChI is InChI=1S/C14H18N4O/c1-10-15-6-7-18(10)14-13(4-3-5-16-14)17-11-8-12(9-11)19-2/h3-7,11-12,17H,8-9H2,1-2H3. The van der Waals surface area contributed by atoms with Gasteiger partial charge in [-0.2, -0.15) is 0 Å². The average Bonchev–Trinajstić information content (AvgIpc) is 2.80. The molecule has 19 heavy (non-hydrogen) atoms. The normalized spacial score (nSPS) is 22.0. The van der Waals surface area contributed by atoms with Crippen molar-refractivity contribution in [1.29, 1.82) is 0 Å². The van der Waals surface area contributed by atoms with Crippen molar-refractivity contribution < 1.29 is 4.74 Å². The molecule has 5 heteroatoms. The fraction of sp³-hybridized carbons (Fsp3) is 0.429. The van der Waals surface area contributed by atoms with Gasteiger partial charge in [0.15, 0.2) is 5.82 Å². The quantitative estimate of drug-likeness (QED) is 0.913. The van der Waals surface area contributed by atoms with E-state index >= 15 is 0 Å². The summed E-state index contributed by atoms with van der Waals surface area (Å²) in [6, 6.07) is 4.48. The molecule has 0 aromatic carbocycles. The monoisotopic (exact) mass is 258 g/mol. The van der Waals surface area contributed by atoms with E-state index in [1.54, 1.807) is 19.5 Å². The molecular weight excluding hydrogens is 240 g/mol. The van der Waals surface area contributed by atoms with Gasteiger partial charge in [0.25, 0.3) is 0 Å². The molecule has 0 spiro atoms. The smallest absolute Gasteiger partial charge is 0.161 e. The van der Waals surface area contributed by atoms with Gasteiger partial charge in [0, 0.05) is 31.7 Å². The van der Waals surface area contributed by atoms with E-state index in [0.29, 0.717) is 12.1 Å². The Morgan fingerprint density at radius 1 is 1.32 bits per heavy atom. The molecular formula is C14H18N4O. The van der Waals surface area contributed by atoms with Crippen LogP contribution in [0.1, 0.15) is 18.7 Å². The molecule has 0 amide bonds. The highest BCUT2D eigenvalue weighted by Crippen LogP contribution is 2.28. The maximum absolute atomic E-state index is 5.30. The molecule has 5 nitrogen and oxygen atoms in total. The summed E-state index contributed by atoms with van der Waals surface area (Å²) in [4.78, 5) is 8.71. The Bertz CT molecular complexity index is 560. The van der Waals surface area contributed by atoms with E-state index in [1.807, 2.05) is 23.8 Å². The second-order valence-corrected chi connectivity index (χ2v) is 4.89. The van der Waals surface area contributed by atoms with Crippen molar-refractivity contribution in [3.8, 4) is 5.82 Å². The molecule has 1 aliphatic rings. The Morgan fingerprint density at radius 3 is 2.84 bits per heavy atom. The number of nitrogens with zero attached hydrogens (tertiary/aromatic N) is 3. The summed E-state index contributed by atoms with van der Waals surface area (Å²) in [7, 11) is 1.77. The van der Waals surface area contributed by atoms with E-state index in [-0.39, 0.29) is 0 Å². The van der Waals surface area contributed by atoms with Crippen molar-refractivity contribution in [1.82, 2.24) is 14.5 Å². The highest BCUT2D eigenvalue weighted by atomic mass is 16.5. The maximum Gasteiger partial charge on any atom is 0.161 e. The SMILES string of the molecule is COC1CC(Nc2cccnc2-n2ccnc2C)C1. The lowest BCUT2D eigenvalue weighted by Gasteiger charge is -2.35. The molecule has 1 N–H and O–H groups in total. The third-order valence-electron chi connectivity index (χ3n) is 3.63. The third-order valence-corrected chi connectivity index (χ3v) is 3.63. The molecule has 0 unspecified atom stereocenters. The van der Waals surface area contributed by atoms with Gasteiger partial charge in [-0.25, -0.2) is 9.97 Å². The van der Waals surface area contributed by atoms with Crippen LogP contribution in [0.3, 0.4) is 0 Å². The molecule has 1 fully saturated rings. The summed E-state index contributed by atoms with van der Waals surface area (Å²) < 4.78 is 7.30. The summed E-state index contributed by atoms with van der Waals surface area (Å²) in [5.41, 5.74) is 1.04. The van der Waals surface area contributed by atoms with Crippen molar-refractivity contribution in [3.63, 3.8) is 0 Å². The molecule has 0 bridgehead atoms. The van der Waals surface area contributed by atoms with E-state index in [9.17, 15) is 0 Å². The predicted molar refractivity (Wildman–Crippen MR) is 73.5 cm³/mol. The van der Waals surface area contributed by atoms with Crippen LogP contribution in [-0.4, -0.2) is 33.8 Å². The van der Waals surface area contributed by atoms with Gasteiger partial charge in [-0.15, -0.1) is 0 Å². The number of ether oxygens (including phenoxy) is 1.